The predicted octanol–water partition coefficient (Wildman–Crippen LogP) is 0.769. The number of rotatable bonds is 8. The molecular formula is C13H26N2O3. The second-order valence-electron chi connectivity index (χ2n) is 4.71. The van der Waals surface area contributed by atoms with E-state index in [-0.39, 0.29) is 12.0 Å². The van der Waals surface area contributed by atoms with Crippen LogP contribution in [0.1, 0.15) is 32.1 Å². The van der Waals surface area contributed by atoms with Crippen LogP contribution in [0.3, 0.4) is 0 Å². The van der Waals surface area contributed by atoms with Crippen LogP contribution in [-0.2, 0) is 14.3 Å². The fraction of sp³-hybridized carbons (Fsp3) is 0.923. The fourth-order valence-corrected chi connectivity index (χ4v) is 2.14. The van der Waals surface area contributed by atoms with E-state index in [0.717, 1.165) is 25.9 Å². The molecule has 0 aromatic rings. The third-order valence-electron chi connectivity index (χ3n) is 3.23. The Bertz CT molecular complexity index is 222. The van der Waals surface area contributed by atoms with Crippen molar-refractivity contribution in [1.82, 2.24) is 4.90 Å². The SMILES string of the molecule is COCCN(CCCN)C(=O)CC1CCCCO1. The number of methoxy groups -OCH3 is 1. The summed E-state index contributed by atoms with van der Waals surface area (Å²) in [5.41, 5.74) is 5.50. The topological polar surface area (TPSA) is 64.8 Å². The van der Waals surface area contributed by atoms with Crippen LogP contribution in [0, 0.1) is 0 Å². The van der Waals surface area contributed by atoms with E-state index in [0.29, 0.717) is 32.7 Å². The summed E-state index contributed by atoms with van der Waals surface area (Å²) in [7, 11) is 1.65. The first-order valence-corrected chi connectivity index (χ1v) is 6.86. The molecule has 0 aromatic carbocycles. The molecule has 0 aromatic heterocycles. The van der Waals surface area contributed by atoms with Gasteiger partial charge in [-0.25, -0.2) is 0 Å². The van der Waals surface area contributed by atoms with Crippen LogP contribution in [0.4, 0.5) is 0 Å². The molecule has 1 fully saturated rings. The van der Waals surface area contributed by atoms with Crippen molar-refractivity contribution in [3.63, 3.8) is 0 Å². The smallest absolute Gasteiger partial charge is 0.225 e. The maximum absolute atomic E-state index is 12.2. The predicted molar refractivity (Wildman–Crippen MR) is 70.3 cm³/mol. The molecule has 1 aliphatic heterocycles. The lowest BCUT2D eigenvalue weighted by Crippen LogP contribution is -2.38. The molecule has 1 saturated heterocycles. The maximum atomic E-state index is 12.2. The Kier molecular flexibility index (Phi) is 7.96. The molecule has 1 aliphatic rings. The van der Waals surface area contributed by atoms with Gasteiger partial charge in [0.05, 0.1) is 19.1 Å². The molecule has 5 heteroatoms. The van der Waals surface area contributed by atoms with Gasteiger partial charge >= 0.3 is 0 Å². The van der Waals surface area contributed by atoms with Crippen LogP contribution in [0.5, 0.6) is 0 Å². The van der Waals surface area contributed by atoms with Crippen LogP contribution >= 0.6 is 0 Å². The third-order valence-corrected chi connectivity index (χ3v) is 3.23. The van der Waals surface area contributed by atoms with E-state index in [1.54, 1.807) is 7.11 Å². The van der Waals surface area contributed by atoms with E-state index in [2.05, 4.69) is 0 Å². The molecule has 1 heterocycles. The molecule has 1 rings (SSSR count). The van der Waals surface area contributed by atoms with Gasteiger partial charge in [-0.1, -0.05) is 0 Å². The zero-order valence-electron chi connectivity index (χ0n) is 11.4. The van der Waals surface area contributed by atoms with Gasteiger partial charge in [-0.3, -0.25) is 4.79 Å². The number of hydrogen-bond donors (Lipinski definition) is 1. The van der Waals surface area contributed by atoms with Gasteiger partial charge in [-0.2, -0.15) is 0 Å². The van der Waals surface area contributed by atoms with Gasteiger partial charge in [0.2, 0.25) is 5.91 Å². The van der Waals surface area contributed by atoms with Crippen LogP contribution in [0.2, 0.25) is 0 Å². The highest BCUT2D eigenvalue weighted by atomic mass is 16.5. The lowest BCUT2D eigenvalue weighted by Gasteiger charge is -2.27. The summed E-state index contributed by atoms with van der Waals surface area (Å²) >= 11 is 0. The number of ether oxygens (including phenoxy) is 2. The first kappa shape index (κ1) is 15.4. The Balaban J connectivity index is 2.35. The van der Waals surface area contributed by atoms with Gasteiger partial charge in [0, 0.05) is 26.8 Å². The molecular weight excluding hydrogens is 232 g/mol. The molecule has 0 saturated carbocycles. The maximum Gasteiger partial charge on any atom is 0.225 e. The average molecular weight is 258 g/mol. The minimum atomic E-state index is 0.106. The zero-order valence-corrected chi connectivity index (χ0v) is 11.4. The lowest BCUT2D eigenvalue weighted by molar-refractivity contribution is -0.135. The van der Waals surface area contributed by atoms with Crippen LogP contribution in [0.25, 0.3) is 0 Å². The minimum absolute atomic E-state index is 0.106. The molecule has 106 valence electrons. The quantitative estimate of drug-likeness (QED) is 0.698. The van der Waals surface area contributed by atoms with Gasteiger partial charge in [0.1, 0.15) is 0 Å². The molecule has 1 unspecified atom stereocenters. The van der Waals surface area contributed by atoms with E-state index in [1.165, 1.54) is 6.42 Å². The van der Waals surface area contributed by atoms with Gasteiger partial charge in [-0.15, -0.1) is 0 Å². The molecule has 18 heavy (non-hydrogen) atoms. The molecule has 5 nitrogen and oxygen atoms in total. The largest absolute Gasteiger partial charge is 0.383 e. The first-order chi connectivity index (χ1) is 8.77. The van der Waals surface area contributed by atoms with Crippen molar-refractivity contribution in [1.29, 1.82) is 0 Å². The van der Waals surface area contributed by atoms with Crippen molar-refractivity contribution in [2.45, 2.75) is 38.2 Å². The molecule has 2 N–H and O–H groups in total. The van der Waals surface area contributed by atoms with E-state index in [4.69, 9.17) is 15.2 Å². The third kappa shape index (κ3) is 5.80. The second-order valence-corrected chi connectivity index (χ2v) is 4.71. The number of nitrogens with zero attached hydrogens (tertiary/aromatic N) is 1. The first-order valence-electron chi connectivity index (χ1n) is 6.86. The van der Waals surface area contributed by atoms with Crippen molar-refractivity contribution < 1.29 is 14.3 Å². The van der Waals surface area contributed by atoms with Gasteiger partial charge in [-0.05, 0) is 32.2 Å². The van der Waals surface area contributed by atoms with Crippen LogP contribution in [-0.4, -0.2) is 56.9 Å². The zero-order chi connectivity index (χ0) is 13.2. The van der Waals surface area contributed by atoms with E-state index in [1.807, 2.05) is 4.90 Å². The van der Waals surface area contributed by atoms with Crippen molar-refractivity contribution in [3.8, 4) is 0 Å². The standard InChI is InChI=1S/C13H26N2O3/c1-17-10-8-15(7-4-6-14)13(16)11-12-5-2-3-9-18-12/h12H,2-11,14H2,1H3. The number of amides is 1. The van der Waals surface area contributed by atoms with E-state index < -0.39 is 0 Å². The van der Waals surface area contributed by atoms with Crippen molar-refractivity contribution >= 4 is 5.91 Å². The fourth-order valence-electron chi connectivity index (χ4n) is 2.14. The van der Waals surface area contributed by atoms with Crippen molar-refractivity contribution in [3.05, 3.63) is 0 Å². The van der Waals surface area contributed by atoms with E-state index in [9.17, 15) is 4.79 Å². The second kappa shape index (κ2) is 9.30. The normalized spacial score (nSPS) is 19.8. The molecule has 0 radical (unpaired) electrons. The van der Waals surface area contributed by atoms with Gasteiger partial charge in [0.25, 0.3) is 0 Å². The van der Waals surface area contributed by atoms with E-state index >= 15 is 0 Å². The lowest BCUT2D eigenvalue weighted by atomic mass is 10.1. The highest BCUT2D eigenvalue weighted by Crippen LogP contribution is 2.16. The Morgan fingerprint density at radius 3 is 2.89 bits per heavy atom. The summed E-state index contributed by atoms with van der Waals surface area (Å²) in [5, 5.41) is 0. The van der Waals surface area contributed by atoms with Gasteiger partial charge in [0.15, 0.2) is 0 Å². The number of hydrogen-bond acceptors (Lipinski definition) is 4. The molecule has 0 aliphatic carbocycles. The summed E-state index contributed by atoms with van der Waals surface area (Å²) in [4.78, 5) is 14.0. The molecule has 1 amide bonds. The summed E-state index contributed by atoms with van der Waals surface area (Å²) < 4.78 is 10.6. The summed E-state index contributed by atoms with van der Waals surface area (Å²) in [6.07, 6.45) is 4.72. The Morgan fingerprint density at radius 1 is 1.44 bits per heavy atom. The number of carbonyl (C=O) groups is 1. The van der Waals surface area contributed by atoms with Crippen LogP contribution < -0.4 is 5.73 Å². The Morgan fingerprint density at radius 2 is 2.28 bits per heavy atom. The highest BCUT2D eigenvalue weighted by Gasteiger charge is 2.21. The van der Waals surface area contributed by atoms with Gasteiger partial charge < -0.3 is 20.1 Å². The number of nitrogens with two attached hydrogens (primary N) is 1. The summed E-state index contributed by atoms with van der Waals surface area (Å²) in [6, 6.07) is 0. The molecule has 0 spiro atoms. The molecule has 0 bridgehead atoms. The highest BCUT2D eigenvalue weighted by molar-refractivity contribution is 5.76. The average Bonchev–Trinajstić information content (AvgIpc) is 2.40. The minimum Gasteiger partial charge on any atom is -0.383 e. The van der Waals surface area contributed by atoms with Crippen LogP contribution in [0.15, 0.2) is 0 Å². The summed E-state index contributed by atoms with van der Waals surface area (Å²) in [6.45, 7) is 3.32. The molecule has 1 atom stereocenters. The summed E-state index contributed by atoms with van der Waals surface area (Å²) in [5.74, 6) is 0.160. The van der Waals surface area contributed by atoms with Crippen molar-refractivity contribution in [2.24, 2.45) is 5.73 Å². The number of carbonyl (C=O) groups excluding carboxylic acids is 1. The Hall–Kier alpha value is -0.650. The Labute approximate surface area is 110 Å². The van der Waals surface area contributed by atoms with Crippen molar-refractivity contribution in [2.75, 3.05) is 40.0 Å². The monoisotopic (exact) mass is 258 g/mol.